The molecule has 0 aromatic carbocycles. The lowest BCUT2D eigenvalue weighted by Gasteiger charge is -2.25. The van der Waals surface area contributed by atoms with Gasteiger partial charge in [-0.25, -0.2) is 4.98 Å². The number of morpholine rings is 1. The summed E-state index contributed by atoms with van der Waals surface area (Å²) in [5, 5.41) is 17.2. The maximum atomic E-state index is 5.56. The normalized spacial score (nSPS) is 17.3. The molecule has 3 aromatic rings. The van der Waals surface area contributed by atoms with Crippen LogP contribution in [0.25, 0.3) is 20.4 Å². The molecular weight excluding hydrogens is 360 g/mol. The average Bonchev–Trinajstić information content (AvgIpc) is 3.11. The number of fused-ring (bicyclic) bond motifs is 5. The molecule has 3 aromatic heterocycles. The average molecular weight is 384 g/mol. The fourth-order valence-electron chi connectivity index (χ4n) is 4.17. The van der Waals surface area contributed by atoms with Gasteiger partial charge >= 0.3 is 0 Å². The fraction of sp³-hybridized carbons (Fsp3) is 0.474. The molecule has 5 rings (SSSR count). The van der Waals surface area contributed by atoms with E-state index in [1.807, 2.05) is 6.08 Å². The molecule has 0 radical (unpaired) electrons. The molecular formula is C19H23N6OS+. The summed E-state index contributed by atoms with van der Waals surface area (Å²) in [6.07, 6.45) is 6.51. The first kappa shape index (κ1) is 16.8. The van der Waals surface area contributed by atoms with Crippen molar-refractivity contribution in [3.05, 3.63) is 23.8 Å². The maximum Gasteiger partial charge on any atom is 0.279 e. The van der Waals surface area contributed by atoms with Crippen LogP contribution >= 0.6 is 11.3 Å². The standard InChI is InChI=1S/C19H22N6OS/c1-2-7-20-17-16-15(22-24-23-17)14-12-5-3-4-6-13(12)18(21-19(14)27-16)25-8-10-26-11-9-25/h2H,1,3-11H2,(H,20,22,23)/p+1. The quantitative estimate of drug-likeness (QED) is 0.697. The van der Waals surface area contributed by atoms with Crippen LogP contribution in [0.1, 0.15) is 24.0 Å². The molecule has 140 valence electrons. The zero-order valence-corrected chi connectivity index (χ0v) is 16.1. The summed E-state index contributed by atoms with van der Waals surface area (Å²) in [6.45, 7) is 7.88. The van der Waals surface area contributed by atoms with E-state index >= 15 is 0 Å². The minimum Gasteiger partial charge on any atom is -0.373 e. The third-order valence-electron chi connectivity index (χ3n) is 5.42. The number of nitrogens with zero attached hydrogens (tertiary/aromatic N) is 4. The molecule has 8 heteroatoms. The summed E-state index contributed by atoms with van der Waals surface area (Å²) in [5.74, 6) is 2.06. The maximum absolute atomic E-state index is 5.56. The van der Waals surface area contributed by atoms with Gasteiger partial charge in [0, 0.05) is 12.1 Å². The molecule has 1 aliphatic heterocycles. The SMILES string of the molecule is C=CCNc1nnnc2c1sc1[nH+]c(N3CCOCC3)c3c(c12)CCCC3. The molecule has 7 nitrogen and oxygen atoms in total. The Labute approximate surface area is 161 Å². The number of H-pyrrole nitrogens is 1. The van der Waals surface area contributed by atoms with Gasteiger partial charge in [-0.15, -0.1) is 16.8 Å². The van der Waals surface area contributed by atoms with Crippen molar-refractivity contribution < 1.29 is 9.72 Å². The number of thiophene rings is 1. The Kier molecular flexibility index (Phi) is 4.37. The molecule has 27 heavy (non-hydrogen) atoms. The van der Waals surface area contributed by atoms with E-state index in [1.165, 1.54) is 35.2 Å². The predicted octanol–water partition coefficient (Wildman–Crippen LogP) is 2.37. The van der Waals surface area contributed by atoms with Crippen LogP contribution < -0.4 is 15.2 Å². The van der Waals surface area contributed by atoms with E-state index in [1.54, 1.807) is 11.3 Å². The van der Waals surface area contributed by atoms with E-state index < -0.39 is 0 Å². The van der Waals surface area contributed by atoms with Crippen molar-refractivity contribution in [1.29, 1.82) is 0 Å². The monoisotopic (exact) mass is 383 g/mol. The van der Waals surface area contributed by atoms with Crippen LogP contribution in [0, 0.1) is 0 Å². The Bertz CT molecular complexity index is 1010. The van der Waals surface area contributed by atoms with E-state index in [9.17, 15) is 0 Å². The number of hydrogen-bond donors (Lipinski definition) is 1. The smallest absolute Gasteiger partial charge is 0.279 e. The number of pyridine rings is 1. The van der Waals surface area contributed by atoms with Crippen LogP contribution in [0.3, 0.4) is 0 Å². The van der Waals surface area contributed by atoms with Gasteiger partial charge < -0.3 is 10.1 Å². The van der Waals surface area contributed by atoms with Crippen molar-refractivity contribution in [2.75, 3.05) is 43.1 Å². The van der Waals surface area contributed by atoms with Crippen molar-refractivity contribution in [3.63, 3.8) is 0 Å². The second-order valence-corrected chi connectivity index (χ2v) is 8.05. The van der Waals surface area contributed by atoms with Gasteiger partial charge in [-0.1, -0.05) is 17.4 Å². The lowest BCUT2D eigenvalue weighted by atomic mass is 9.90. The highest BCUT2D eigenvalue weighted by Crippen LogP contribution is 2.40. The summed E-state index contributed by atoms with van der Waals surface area (Å²) < 4.78 is 6.62. The zero-order valence-electron chi connectivity index (χ0n) is 15.3. The van der Waals surface area contributed by atoms with Gasteiger partial charge in [-0.05, 0) is 36.5 Å². The first-order valence-electron chi connectivity index (χ1n) is 9.57. The topological polar surface area (TPSA) is 77.3 Å². The number of rotatable bonds is 4. The van der Waals surface area contributed by atoms with Crippen molar-refractivity contribution in [1.82, 2.24) is 15.4 Å². The van der Waals surface area contributed by atoms with E-state index in [4.69, 9.17) is 4.74 Å². The van der Waals surface area contributed by atoms with Gasteiger partial charge in [0.2, 0.25) is 0 Å². The van der Waals surface area contributed by atoms with Crippen molar-refractivity contribution in [2.45, 2.75) is 25.7 Å². The molecule has 2 aliphatic rings. The van der Waals surface area contributed by atoms with Gasteiger partial charge in [0.05, 0.1) is 18.6 Å². The van der Waals surface area contributed by atoms with Gasteiger partial charge in [0.25, 0.3) is 5.82 Å². The molecule has 0 amide bonds. The van der Waals surface area contributed by atoms with Crippen molar-refractivity contribution in [3.8, 4) is 0 Å². The summed E-state index contributed by atoms with van der Waals surface area (Å²) in [5.41, 5.74) is 3.85. The molecule has 0 unspecified atom stereocenters. The lowest BCUT2D eigenvalue weighted by Crippen LogP contribution is -2.40. The number of aromatic amines is 1. The number of aromatic nitrogens is 4. The lowest BCUT2D eigenvalue weighted by molar-refractivity contribution is -0.328. The highest BCUT2D eigenvalue weighted by Gasteiger charge is 2.30. The number of nitrogens with one attached hydrogen (secondary N) is 2. The first-order valence-corrected chi connectivity index (χ1v) is 10.4. The highest BCUT2D eigenvalue weighted by molar-refractivity contribution is 7.25. The minimum absolute atomic E-state index is 0.656. The molecule has 0 atom stereocenters. The van der Waals surface area contributed by atoms with Crippen LogP contribution in [0.4, 0.5) is 11.6 Å². The molecule has 4 heterocycles. The summed E-state index contributed by atoms with van der Waals surface area (Å²) in [7, 11) is 0. The molecule has 0 bridgehead atoms. The predicted molar refractivity (Wildman–Crippen MR) is 108 cm³/mol. The molecule has 1 saturated heterocycles. The Morgan fingerprint density at radius 1 is 1.19 bits per heavy atom. The van der Waals surface area contributed by atoms with Gasteiger partial charge in [0.15, 0.2) is 10.6 Å². The minimum atomic E-state index is 0.656. The summed E-state index contributed by atoms with van der Waals surface area (Å²) >= 11 is 1.71. The highest BCUT2D eigenvalue weighted by atomic mass is 32.1. The van der Waals surface area contributed by atoms with Crippen LogP contribution in [0.5, 0.6) is 0 Å². The third-order valence-corrected chi connectivity index (χ3v) is 6.52. The van der Waals surface area contributed by atoms with E-state index in [0.717, 1.165) is 60.0 Å². The molecule has 1 fully saturated rings. The molecule has 1 aliphatic carbocycles. The molecule has 2 N–H and O–H groups in total. The first-order chi connectivity index (χ1) is 13.4. The Morgan fingerprint density at radius 3 is 2.81 bits per heavy atom. The second kappa shape index (κ2) is 7.01. The van der Waals surface area contributed by atoms with Crippen LogP contribution in [-0.4, -0.2) is 48.3 Å². The van der Waals surface area contributed by atoms with Crippen molar-refractivity contribution >= 4 is 43.4 Å². The van der Waals surface area contributed by atoms with Crippen LogP contribution in [-0.2, 0) is 17.6 Å². The van der Waals surface area contributed by atoms with Gasteiger partial charge in [-0.2, -0.15) is 0 Å². The van der Waals surface area contributed by atoms with Crippen molar-refractivity contribution in [2.24, 2.45) is 0 Å². The van der Waals surface area contributed by atoms with E-state index in [-0.39, 0.29) is 0 Å². The Balaban J connectivity index is 1.74. The summed E-state index contributed by atoms with van der Waals surface area (Å²) in [4.78, 5) is 7.35. The van der Waals surface area contributed by atoms with E-state index in [2.05, 4.69) is 37.2 Å². The number of anilines is 2. The van der Waals surface area contributed by atoms with E-state index in [0.29, 0.717) is 6.54 Å². The largest absolute Gasteiger partial charge is 0.373 e. The molecule has 0 saturated carbocycles. The fourth-order valence-corrected chi connectivity index (χ4v) is 5.29. The summed E-state index contributed by atoms with van der Waals surface area (Å²) in [6, 6.07) is 0. The number of aryl methyl sites for hydroxylation is 1. The number of hydrogen-bond acceptors (Lipinski definition) is 7. The Morgan fingerprint density at radius 2 is 2.00 bits per heavy atom. The Hall–Kier alpha value is -2.32. The van der Waals surface area contributed by atoms with Gasteiger partial charge in [-0.3, -0.25) is 4.90 Å². The number of ether oxygens (including phenoxy) is 1. The molecule has 0 spiro atoms. The second-order valence-electron chi connectivity index (χ2n) is 7.03. The van der Waals surface area contributed by atoms with Crippen LogP contribution in [0.2, 0.25) is 0 Å². The third kappa shape index (κ3) is 2.83. The zero-order chi connectivity index (χ0) is 18.2. The van der Waals surface area contributed by atoms with Crippen LogP contribution in [0.15, 0.2) is 12.7 Å². The van der Waals surface area contributed by atoms with Gasteiger partial charge in [0.1, 0.15) is 23.3 Å².